The maximum absolute atomic E-state index is 12.4. The van der Waals surface area contributed by atoms with Crippen molar-refractivity contribution in [2.75, 3.05) is 53.4 Å². The van der Waals surface area contributed by atoms with E-state index in [0.29, 0.717) is 18.5 Å². The van der Waals surface area contributed by atoms with Gasteiger partial charge in [-0.15, -0.1) is 0 Å². The fourth-order valence-electron chi connectivity index (χ4n) is 3.58. The summed E-state index contributed by atoms with van der Waals surface area (Å²) in [6, 6.07) is 0.603. The molecule has 0 aromatic rings. The van der Waals surface area contributed by atoms with Crippen LogP contribution in [0.1, 0.15) is 67.2 Å². The molecule has 7 heteroatoms. The molecule has 0 unspecified atom stereocenters. The van der Waals surface area contributed by atoms with Gasteiger partial charge in [0.1, 0.15) is 5.60 Å². The van der Waals surface area contributed by atoms with E-state index in [9.17, 15) is 4.79 Å². The van der Waals surface area contributed by atoms with Crippen molar-refractivity contribution in [1.82, 2.24) is 20.0 Å². The first-order chi connectivity index (χ1) is 14.1. The second-order valence-corrected chi connectivity index (χ2v) is 9.70. The number of aliphatic imine (C=N–C) groups is 1. The zero-order chi connectivity index (χ0) is 22.7. The Morgan fingerprint density at radius 3 is 2.37 bits per heavy atom. The SMILES string of the molecule is CCN(CC1CCN(C(=NC)NCCCCN(C)C(C)C)CC1)C(=O)OC(C)(C)C. The lowest BCUT2D eigenvalue weighted by Gasteiger charge is -2.36. The van der Waals surface area contributed by atoms with Crippen molar-refractivity contribution in [3.8, 4) is 0 Å². The van der Waals surface area contributed by atoms with E-state index in [1.54, 1.807) is 0 Å². The average molecular weight is 426 g/mol. The number of amides is 1. The Labute approximate surface area is 185 Å². The molecule has 0 aromatic heterocycles. The van der Waals surface area contributed by atoms with Gasteiger partial charge in [-0.25, -0.2) is 4.79 Å². The number of hydrogen-bond acceptors (Lipinski definition) is 4. The number of guanidine groups is 1. The van der Waals surface area contributed by atoms with Crippen LogP contribution in [-0.4, -0.2) is 91.8 Å². The van der Waals surface area contributed by atoms with Crippen molar-refractivity contribution in [2.45, 2.75) is 78.9 Å². The molecule has 1 heterocycles. The number of piperidine rings is 1. The van der Waals surface area contributed by atoms with Crippen molar-refractivity contribution in [2.24, 2.45) is 10.9 Å². The predicted molar refractivity (Wildman–Crippen MR) is 126 cm³/mol. The minimum absolute atomic E-state index is 0.201. The van der Waals surface area contributed by atoms with E-state index in [2.05, 4.69) is 41.0 Å². The van der Waals surface area contributed by atoms with Gasteiger partial charge in [-0.1, -0.05) is 0 Å². The first-order valence-corrected chi connectivity index (χ1v) is 11.7. The summed E-state index contributed by atoms with van der Waals surface area (Å²) in [4.78, 5) is 23.4. The van der Waals surface area contributed by atoms with E-state index in [0.717, 1.165) is 57.9 Å². The van der Waals surface area contributed by atoms with Gasteiger partial charge in [-0.05, 0) is 86.7 Å². The normalized spacial score (nSPS) is 16.3. The van der Waals surface area contributed by atoms with Crippen molar-refractivity contribution >= 4 is 12.1 Å². The van der Waals surface area contributed by atoms with Gasteiger partial charge in [-0.2, -0.15) is 0 Å². The lowest BCUT2D eigenvalue weighted by molar-refractivity contribution is 0.0214. The molecule has 1 aliphatic heterocycles. The lowest BCUT2D eigenvalue weighted by Crippen LogP contribution is -2.48. The quantitative estimate of drug-likeness (QED) is 0.347. The number of nitrogens with one attached hydrogen (secondary N) is 1. The highest BCUT2D eigenvalue weighted by Crippen LogP contribution is 2.20. The summed E-state index contributed by atoms with van der Waals surface area (Å²) in [5, 5.41) is 3.53. The number of rotatable bonds is 9. The fraction of sp³-hybridized carbons (Fsp3) is 0.913. The molecule has 0 aliphatic carbocycles. The summed E-state index contributed by atoms with van der Waals surface area (Å²) in [6.45, 7) is 17.7. The Balaban J connectivity index is 2.36. The van der Waals surface area contributed by atoms with Gasteiger partial charge in [0, 0.05) is 45.8 Å². The van der Waals surface area contributed by atoms with Gasteiger partial charge >= 0.3 is 6.09 Å². The summed E-state index contributed by atoms with van der Waals surface area (Å²) >= 11 is 0. The molecule has 0 saturated carbocycles. The lowest BCUT2D eigenvalue weighted by atomic mass is 9.96. The minimum atomic E-state index is -0.448. The summed E-state index contributed by atoms with van der Waals surface area (Å²) in [6.07, 6.45) is 4.28. The Morgan fingerprint density at radius 1 is 1.23 bits per heavy atom. The molecule has 1 N–H and O–H groups in total. The molecule has 1 amide bonds. The number of carbonyl (C=O) groups excluding carboxylic acids is 1. The van der Waals surface area contributed by atoms with Crippen molar-refractivity contribution in [1.29, 1.82) is 0 Å². The highest BCUT2D eigenvalue weighted by atomic mass is 16.6. The van der Waals surface area contributed by atoms with Crippen LogP contribution in [0.2, 0.25) is 0 Å². The van der Waals surface area contributed by atoms with Crippen LogP contribution in [0.15, 0.2) is 4.99 Å². The first-order valence-electron chi connectivity index (χ1n) is 11.7. The van der Waals surface area contributed by atoms with Gasteiger partial charge < -0.3 is 24.8 Å². The van der Waals surface area contributed by atoms with Crippen LogP contribution in [-0.2, 0) is 4.74 Å². The summed E-state index contributed by atoms with van der Waals surface area (Å²) < 4.78 is 5.55. The second kappa shape index (κ2) is 13.0. The van der Waals surface area contributed by atoms with Crippen LogP contribution in [0.3, 0.4) is 0 Å². The van der Waals surface area contributed by atoms with Crippen LogP contribution in [0.25, 0.3) is 0 Å². The smallest absolute Gasteiger partial charge is 0.410 e. The number of ether oxygens (including phenoxy) is 1. The second-order valence-electron chi connectivity index (χ2n) is 9.70. The number of likely N-dealkylation sites (tertiary alicyclic amines) is 1. The van der Waals surface area contributed by atoms with Crippen molar-refractivity contribution in [3.05, 3.63) is 0 Å². The molecule has 1 saturated heterocycles. The van der Waals surface area contributed by atoms with Gasteiger partial charge in [0.2, 0.25) is 0 Å². The fourth-order valence-corrected chi connectivity index (χ4v) is 3.58. The highest BCUT2D eigenvalue weighted by Gasteiger charge is 2.27. The van der Waals surface area contributed by atoms with E-state index in [4.69, 9.17) is 4.74 Å². The number of nitrogens with zero attached hydrogens (tertiary/aromatic N) is 4. The standard InChI is InChI=1S/C23H47N5O2/c1-9-27(22(29)30-23(4,5)6)18-20-12-16-28(17-13-20)21(24-7)25-14-10-11-15-26(8)19(2)3/h19-20H,9-18H2,1-8H3,(H,24,25). The van der Waals surface area contributed by atoms with Crippen LogP contribution < -0.4 is 5.32 Å². The zero-order valence-electron chi connectivity index (χ0n) is 20.8. The Morgan fingerprint density at radius 2 is 1.87 bits per heavy atom. The molecule has 30 heavy (non-hydrogen) atoms. The predicted octanol–water partition coefficient (Wildman–Crippen LogP) is 3.65. The number of unbranched alkanes of at least 4 members (excludes halogenated alkanes) is 1. The maximum Gasteiger partial charge on any atom is 0.410 e. The van der Waals surface area contributed by atoms with Crippen LogP contribution in [0.4, 0.5) is 4.79 Å². The third-order valence-electron chi connectivity index (χ3n) is 5.74. The monoisotopic (exact) mass is 425 g/mol. The zero-order valence-corrected chi connectivity index (χ0v) is 20.8. The van der Waals surface area contributed by atoms with E-state index < -0.39 is 5.60 Å². The molecule has 1 rings (SSSR count). The molecule has 0 bridgehead atoms. The van der Waals surface area contributed by atoms with E-state index >= 15 is 0 Å². The largest absolute Gasteiger partial charge is 0.444 e. The third-order valence-corrected chi connectivity index (χ3v) is 5.74. The molecule has 1 fully saturated rings. The highest BCUT2D eigenvalue weighted by molar-refractivity contribution is 5.79. The molecule has 0 radical (unpaired) electrons. The van der Waals surface area contributed by atoms with Crippen LogP contribution in [0, 0.1) is 5.92 Å². The van der Waals surface area contributed by atoms with Crippen molar-refractivity contribution in [3.63, 3.8) is 0 Å². The molecule has 7 nitrogen and oxygen atoms in total. The van der Waals surface area contributed by atoms with Gasteiger partial charge in [0.05, 0.1) is 0 Å². The molecule has 0 spiro atoms. The maximum atomic E-state index is 12.4. The molecule has 1 aliphatic rings. The van der Waals surface area contributed by atoms with Crippen molar-refractivity contribution < 1.29 is 9.53 Å². The molecule has 0 aromatic carbocycles. The third kappa shape index (κ3) is 10.0. The minimum Gasteiger partial charge on any atom is -0.444 e. The van der Waals surface area contributed by atoms with Gasteiger partial charge in [0.15, 0.2) is 5.96 Å². The summed E-state index contributed by atoms with van der Waals surface area (Å²) in [5.74, 6) is 1.52. The van der Waals surface area contributed by atoms with E-state index in [1.165, 1.54) is 6.42 Å². The summed E-state index contributed by atoms with van der Waals surface area (Å²) in [5.41, 5.74) is -0.448. The molecular formula is C23H47N5O2. The van der Waals surface area contributed by atoms with Gasteiger partial charge in [0.25, 0.3) is 0 Å². The average Bonchev–Trinajstić information content (AvgIpc) is 2.67. The van der Waals surface area contributed by atoms with Gasteiger partial charge in [-0.3, -0.25) is 4.99 Å². The van der Waals surface area contributed by atoms with E-state index in [-0.39, 0.29) is 6.09 Å². The Hall–Kier alpha value is -1.50. The Kier molecular flexibility index (Phi) is 11.5. The summed E-state index contributed by atoms with van der Waals surface area (Å²) in [7, 11) is 4.05. The topological polar surface area (TPSA) is 60.4 Å². The Bertz CT molecular complexity index is 522. The van der Waals surface area contributed by atoms with Crippen LogP contribution in [0.5, 0.6) is 0 Å². The van der Waals surface area contributed by atoms with Crippen LogP contribution >= 0.6 is 0 Å². The molecule has 176 valence electrons. The molecule has 0 atom stereocenters. The molecular weight excluding hydrogens is 378 g/mol. The number of carbonyl (C=O) groups is 1. The first kappa shape index (κ1) is 26.5. The number of hydrogen-bond donors (Lipinski definition) is 1. The van der Waals surface area contributed by atoms with E-state index in [1.807, 2.05) is 39.6 Å².